The molecule has 57 heavy (non-hydrogen) atoms. The number of ether oxygens (including phenoxy) is 5. The van der Waals surface area contributed by atoms with E-state index in [4.69, 9.17) is 28.1 Å². The summed E-state index contributed by atoms with van der Waals surface area (Å²) >= 11 is 0. The highest BCUT2D eigenvalue weighted by atomic mass is 32.2. The fraction of sp³-hybridized carbons (Fsp3) is 0.689. The lowest BCUT2D eigenvalue weighted by Gasteiger charge is -2.56. The van der Waals surface area contributed by atoms with Crippen LogP contribution in [0.15, 0.2) is 72.8 Å². The minimum Gasteiger partial charge on any atom is -0.407 e. The van der Waals surface area contributed by atoms with E-state index in [-0.39, 0.29) is 36.3 Å². The number of fused-ring (bicyclic) bond motifs is 1. The molecule has 1 aliphatic heterocycles. The van der Waals surface area contributed by atoms with Gasteiger partial charge in [0, 0.05) is 54.6 Å². The van der Waals surface area contributed by atoms with Gasteiger partial charge < -0.3 is 28.1 Å². The van der Waals surface area contributed by atoms with Gasteiger partial charge in [-0.2, -0.15) is 4.31 Å². The van der Waals surface area contributed by atoms with Crippen LogP contribution in [-0.2, 0) is 38.1 Å². The molecule has 12 heteroatoms. The molecule has 0 spiro atoms. The highest BCUT2D eigenvalue weighted by Crippen LogP contribution is 2.58. The largest absolute Gasteiger partial charge is 0.407 e. The zero-order valence-electron chi connectivity index (χ0n) is 36.7. The summed E-state index contributed by atoms with van der Waals surface area (Å²) in [5.41, 5.74) is -1.07. The Hall–Kier alpha value is -1.72. The molecule has 1 heterocycles. The van der Waals surface area contributed by atoms with Gasteiger partial charge in [0.15, 0.2) is 0 Å². The van der Waals surface area contributed by atoms with Crippen LogP contribution in [0.3, 0.4) is 0 Å². The van der Waals surface area contributed by atoms with Gasteiger partial charge in [-0.25, -0.2) is 8.42 Å². The fourth-order valence-electron chi connectivity index (χ4n) is 9.66. The number of rotatable bonds is 25. The lowest BCUT2D eigenvalue weighted by Crippen LogP contribution is -2.66. The molecule has 4 rings (SSSR count). The zero-order valence-corrected chi connectivity index (χ0v) is 39.5. The maximum Gasteiger partial charge on any atom is 0.261 e. The number of allylic oxidation sites excluding steroid dienone is 2. The normalized spacial score (nSPS) is 23.7. The molecule has 0 N–H and O–H groups in total. The molecule has 1 aliphatic carbocycles. The van der Waals surface area contributed by atoms with Crippen molar-refractivity contribution >= 4 is 36.8 Å². The van der Waals surface area contributed by atoms with Gasteiger partial charge in [0.05, 0.1) is 24.0 Å². The quantitative estimate of drug-likeness (QED) is 0.0428. The van der Waals surface area contributed by atoms with Crippen LogP contribution in [-0.4, -0.2) is 108 Å². The van der Waals surface area contributed by atoms with Crippen molar-refractivity contribution in [1.29, 1.82) is 0 Å². The predicted octanol–water partition coefficient (Wildman–Crippen LogP) is 8.22. The van der Waals surface area contributed by atoms with Gasteiger partial charge in [-0.1, -0.05) is 113 Å². The van der Waals surface area contributed by atoms with E-state index in [0.717, 1.165) is 63.8 Å². The first-order chi connectivity index (χ1) is 27.1. The first-order valence-electron chi connectivity index (χ1n) is 21.2. The van der Waals surface area contributed by atoms with Crippen molar-refractivity contribution in [3.05, 3.63) is 72.8 Å². The molecule has 322 valence electrons. The van der Waals surface area contributed by atoms with Crippen LogP contribution in [0.5, 0.6) is 0 Å². The summed E-state index contributed by atoms with van der Waals surface area (Å²) in [5.74, 6) is 0.383. The third-order valence-corrected chi connectivity index (χ3v) is 21.5. The average Bonchev–Trinajstić information content (AvgIpc) is 3.60. The van der Waals surface area contributed by atoms with E-state index in [1.165, 1.54) is 10.4 Å². The van der Waals surface area contributed by atoms with E-state index in [2.05, 4.69) is 113 Å². The van der Waals surface area contributed by atoms with Crippen LogP contribution >= 0.6 is 0 Å². The highest BCUT2D eigenvalue weighted by Gasteiger charge is 2.65. The SMILES string of the molecule is COCOCC[C@H]1CC[C@](CC/C=C\CCCCO[Si](c2ccccc2)(c2ccccc2)C(C)(C)C)(OC)[C@@H]2N(S(=O)(=O)CC[Si](C)(C)C)CC[C@]12COCOC. The summed E-state index contributed by atoms with van der Waals surface area (Å²) in [5, 5.41) is 2.58. The molecular weight excluding hydrogens is 771 g/mol. The Morgan fingerprint density at radius 1 is 0.825 bits per heavy atom. The van der Waals surface area contributed by atoms with Gasteiger partial charge >= 0.3 is 0 Å². The van der Waals surface area contributed by atoms with Crippen LogP contribution < -0.4 is 10.4 Å². The van der Waals surface area contributed by atoms with E-state index >= 15 is 0 Å². The first kappa shape index (κ1) is 48.0. The van der Waals surface area contributed by atoms with Gasteiger partial charge in [0.2, 0.25) is 10.0 Å². The minimum atomic E-state index is -3.55. The molecule has 4 atom stereocenters. The summed E-state index contributed by atoms with van der Waals surface area (Å²) in [7, 11) is -2.66. The predicted molar refractivity (Wildman–Crippen MR) is 238 cm³/mol. The van der Waals surface area contributed by atoms with Gasteiger partial charge in [-0.05, 0) is 85.2 Å². The van der Waals surface area contributed by atoms with Gasteiger partial charge in [-0.3, -0.25) is 0 Å². The monoisotopic (exact) mass is 845 g/mol. The van der Waals surface area contributed by atoms with Crippen molar-refractivity contribution in [3.8, 4) is 0 Å². The summed E-state index contributed by atoms with van der Waals surface area (Å²) in [4.78, 5) is 0. The number of benzene rings is 2. The van der Waals surface area contributed by atoms with Crippen molar-refractivity contribution in [2.45, 2.75) is 121 Å². The van der Waals surface area contributed by atoms with E-state index < -0.39 is 37.4 Å². The number of hydrogen-bond acceptors (Lipinski definition) is 8. The Kier molecular flexibility index (Phi) is 18.3. The van der Waals surface area contributed by atoms with Crippen LogP contribution in [0, 0.1) is 11.3 Å². The summed E-state index contributed by atoms with van der Waals surface area (Å²) in [6, 6.07) is 22.0. The molecule has 0 aromatic heterocycles. The fourth-order valence-corrected chi connectivity index (χ4v) is 19.1. The Balaban J connectivity index is 1.48. The topological polar surface area (TPSA) is 92.8 Å². The molecule has 1 saturated carbocycles. The molecule has 9 nitrogen and oxygen atoms in total. The molecule has 0 amide bonds. The van der Waals surface area contributed by atoms with Crippen LogP contribution in [0.2, 0.25) is 30.7 Å². The Bertz CT molecular complexity index is 1560. The van der Waals surface area contributed by atoms with E-state index in [1.54, 1.807) is 21.3 Å². The average molecular weight is 846 g/mol. The molecule has 2 aromatic carbocycles. The maximum atomic E-state index is 14.4. The minimum absolute atomic E-state index is 0.0418. The second-order valence-electron chi connectivity index (χ2n) is 18.5. The van der Waals surface area contributed by atoms with Gasteiger partial charge in [-0.15, -0.1) is 0 Å². The zero-order chi connectivity index (χ0) is 41.6. The maximum absolute atomic E-state index is 14.4. The molecule has 1 saturated heterocycles. The third-order valence-electron chi connectivity index (χ3n) is 12.5. The van der Waals surface area contributed by atoms with Gasteiger partial charge in [0.1, 0.15) is 13.6 Å². The molecule has 0 unspecified atom stereocenters. The van der Waals surface area contributed by atoms with Gasteiger partial charge in [0.25, 0.3) is 8.32 Å². The number of methoxy groups -OCH3 is 3. The van der Waals surface area contributed by atoms with Crippen molar-refractivity contribution in [3.63, 3.8) is 0 Å². The summed E-state index contributed by atoms with van der Waals surface area (Å²) in [6.45, 7) is 16.2. The lowest BCUT2D eigenvalue weighted by atomic mass is 9.57. The number of sulfonamides is 1. The Morgan fingerprint density at radius 2 is 1.44 bits per heavy atom. The Morgan fingerprint density at radius 3 is 2.02 bits per heavy atom. The van der Waals surface area contributed by atoms with E-state index in [1.807, 2.05) is 4.31 Å². The number of nitrogens with zero attached hydrogens (tertiary/aromatic N) is 1. The van der Waals surface area contributed by atoms with Crippen LogP contribution in [0.25, 0.3) is 0 Å². The van der Waals surface area contributed by atoms with E-state index in [9.17, 15) is 8.42 Å². The van der Waals surface area contributed by atoms with Crippen molar-refractivity contribution in [2.75, 3.05) is 67.0 Å². The standard InChI is InChI=1S/C45H75NO8SSi2/c1-43(2,3)57(40-22-16-14-17-23-40,41-24-18-15-19-25-41)54-32-21-13-11-10-12-20-28-45(51-6)29-26-39(27-33-52-37-49-4)44(36-53-38-50-5)30-31-46(42(44)45)55(47,48)34-35-56(7,8)9/h10,12,14-19,22-25,39,42H,11,13,20-21,26-38H2,1-9H3/b12-10-/t39-,42-,44+,45+/m1/s1. The first-order valence-corrected chi connectivity index (χ1v) is 28.4. The summed E-state index contributed by atoms with van der Waals surface area (Å²) < 4.78 is 66.8. The molecule has 2 aromatic rings. The highest BCUT2D eigenvalue weighted by molar-refractivity contribution is 7.89. The number of unbranched alkanes of at least 4 members (excludes halogenated alkanes) is 2. The van der Waals surface area contributed by atoms with Crippen molar-refractivity contribution in [2.24, 2.45) is 11.3 Å². The van der Waals surface area contributed by atoms with Crippen molar-refractivity contribution in [1.82, 2.24) is 4.31 Å². The second kappa shape index (κ2) is 21.7. The second-order valence-corrected chi connectivity index (χ2v) is 30.5. The van der Waals surface area contributed by atoms with E-state index in [0.29, 0.717) is 26.4 Å². The van der Waals surface area contributed by atoms with Crippen LogP contribution in [0.1, 0.15) is 78.6 Å². The lowest BCUT2D eigenvalue weighted by molar-refractivity contribution is -0.171. The smallest absolute Gasteiger partial charge is 0.261 e. The molecule has 2 aliphatic rings. The van der Waals surface area contributed by atoms with Crippen molar-refractivity contribution < 1.29 is 36.5 Å². The molecule has 0 radical (unpaired) electrons. The molecular formula is C45H75NO8SSi2. The summed E-state index contributed by atoms with van der Waals surface area (Å²) in [6.07, 6.45) is 12.3. The van der Waals surface area contributed by atoms with Crippen LogP contribution in [0.4, 0.5) is 0 Å². The Labute approximate surface area is 348 Å². The number of hydrogen-bond donors (Lipinski definition) is 0. The molecule has 2 fully saturated rings. The third kappa shape index (κ3) is 12.0. The molecule has 0 bridgehead atoms.